The van der Waals surface area contributed by atoms with Gasteiger partial charge in [0.1, 0.15) is 12.1 Å². The molecule has 0 atom stereocenters. The highest BCUT2D eigenvalue weighted by atomic mass is 16.5. The third-order valence-electron chi connectivity index (χ3n) is 1.63. The Hall–Kier alpha value is -1.69. The van der Waals surface area contributed by atoms with Crippen LogP contribution in [0.1, 0.15) is 0 Å². The smallest absolute Gasteiger partial charge is 0.261 e. The standard InChI is InChI=1S/C7H8N4O2/c1-13-4-11-2-5-6(10-11)8-3-9-7(5)12/h2-3H,4H2,1H3,(H,8,9,10,12). The number of H-pyrrole nitrogens is 1. The zero-order valence-electron chi connectivity index (χ0n) is 7.02. The molecule has 2 rings (SSSR count). The molecule has 68 valence electrons. The fourth-order valence-corrected chi connectivity index (χ4v) is 1.09. The van der Waals surface area contributed by atoms with Gasteiger partial charge in [-0.2, -0.15) is 0 Å². The molecule has 2 aromatic heterocycles. The molecular formula is C7H8N4O2. The Morgan fingerprint density at radius 1 is 1.69 bits per heavy atom. The summed E-state index contributed by atoms with van der Waals surface area (Å²) in [5.41, 5.74) is 0.244. The molecule has 0 saturated heterocycles. The average Bonchev–Trinajstić information content (AvgIpc) is 2.49. The van der Waals surface area contributed by atoms with Gasteiger partial charge in [-0.15, -0.1) is 5.10 Å². The first-order chi connectivity index (χ1) is 6.31. The minimum atomic E-state index is -0.188. The van der Waals surface area contributed by atoms with Crippen molar-refractivity contribution in [1.82, 2.24) is 19.7 Å². The average molecular weight is 180 g/mol. The van der Waals surface area contributed by atoms with Crippen LogP contribution in [-0.2, 0) is 11.5 Å². The lowest BCUT2D eigenvalue weighted by molar-refractivity contribution is 0.121. The number of fused-ring (bicyclic) bond motifs is 1. The minimum Gasteiger partial charge on any atom is -0.362 e. The molecule has 0 unspecified atom stereocenters. The van der Waals surface area contributed by atoms with Crippen LogP contribution in [0.5, 0.6) is 0 Å². The van der Waals surface area contributed by atoms with E-state index in [-0.39, 0.29) is 5.56 Å². The highest BCUT2D eigenvalue weighted by Gasteiger charge is 2.03. The second-order valence-electron chi connectivity index (χ2n) is 2.56. The maximum Gasteiger partial charge on any atom is 0.261 e. The van der Waals surface area contributed by atoms with Crippen LogP contribution in [0, 0.1) is 0 Å². The van der Waals surface area contributed by atoms with Gasteiger partial charge in [-0.1, -0.05) is 0 Å². The molecule has 1 N–H and O–H groups in total. The molecule has 0 amide bonds. The van der Waals surface area contributed by atoms with Crippen LogP contribution < -0.4 is 5.56 Å². The molecule has 0 aromatic carbocycles. The molecule has 0 spiro atoms. The first kappa shape index (κ1) is 7.93. The number of aromatic nitrogens is 4. The van der Waals surface area contributed by atoms with Crippen molar-refractivity contribution in [3.63, 3.8) is 0 Å². The molecule has 13 heavy (non-hydrogen) atoms. The van der Waals surface area contributed by atoms with E-state index in [4.69, 9.17) is 4.74 Å². The second kappa shape index (κ2) is 2.98. The van der Waals surface area contributed by atoms with Crippen molar-refractivity contribution < 1.29 is 4.74 Å². The summed E-state index contributed by atoms with van der Waals surface area (Å²) in [6.45, 7) is 0.315. The summed E-state index contributed by atoms with van der Waals surface area (Å²) in [6.07, 6.45) is 2.93. The molecule has 0 aliphatic carbocycles. The van der Waals surface area contributed by atoms with Crippen molar-refractivity contribution >= 4 is 11.0 Å². The SMILES string of the molecule is COCn1cc2c(=O)[nH]cnc2n1. The Morgan fingerprint density at radius 3 is 3.23 bits per heavy atom. The first-order valence-electron chi connectivity index (χ1n) is 3.71. The number of rotatable bonds is 2. The van der Waals surface area contributed by atoms with Gasteiger partial charge in [-0.25, -0.2) is 9.67 Å². The van der Waals surface area contributed by atoms with E-state index >= 15 is 0 Å². The van der Waals surface area contributed by atoms with E-state index in [0.717, 1.165) is 0 Å². The Labute approximate surface area is 73.2 Å². The van der Waals surface area contributed by atoms with Crippen molar-refractivity contribution in [3.8, 4) is 0 Å². The fraction of sp³-hybridized carbons (Fsp3) is 0.286. The molecule has 0 radical (unpaired) electrons. The van der Waals surface area contributed by atoms with E-state index in [2.05, 4.69) is 15.1 Å². The van der Waals surface area contributed by atoms with Gasteiger partial charge in [0.25, 0.3) is 5.56 Å². The van der Waals surface area contributed by atoms with Crippen LogP contribution in [0.15, 0.2) is 17.3 Å². The number of nitrogens with one attached hydrogen (secondary N) is 1. The Balaban J connectivity index is 2.62. The molecule has 2 aromatic rings. The van der Waals surface area contributed by atoms with E-state index in [0.29, 0.717) is 17.8 Å². The van der Waals surface area contributed by atoms with Crippen LogP contribution in [0.2, 0.25) is 0 Å². The number of aromatic amines is 1. The van der Waals surface area contributed by atoms with E-state index in [9.17, 15) is 4.79 Å². The second-order valence-corrected chi connectivity index (χ2v) is 2.56. The Bertz CT molecular complexity index is 473. The lowest BCUT2D eigenvalue weighted by atomic mass is 10.4. The molecule has 0 saturated carbocycles. The number of methoxy groups -OCH3 is 1. The molecule has 0 aliphatic heterocycles. The Kier molecular flexibility index (Phi) is 1.82. The summed E-state index contributed by atoms with van der Waals surface area (Å²) in [6, 6.07) is 0. The first-order valence-corrected chi connectivity index (χ1v) is 3.71. The highest BCUT2D eigenvalue weighted by Crippen LogP contribution is 2.01. The summed E-state index contributed by atoms with van der Waals surface area (Å²) in [5.74, 6) is 0. The maximum atomic E-state index is 11.2. The summed E-state index contributed by atoms with van der Waals surface area (Å²) >= 11 is 0. The van der Waals surface area contributed by atoms with Crippen molar-refractivity contribution in [2.24, 2.45) is 0 Å². The monoisotopic (exact) mass is 180 g/mol. The zero-order chi connectivity index (χ0) is 9.26. The number of hydrogen-bond donors (Lipinski definition) is 1. The lowest BCUT2D eigenvalue weighted by Crippen LogP contribution is -2.04. The van der Waals surface area contributed by atoms with Gasteiger partial charge in [0.15, 0.2) is 5.65 Å². The third kappa shape index (κ3) is 1.31. The van der Waals surface area contributed by atoms with Gasteiger partial charge in [-0.05, 0) is 0 Å². The number of nitrogens with zero attached hydrogens (tertiary/aromatic N) is 3. The molecule has 6 nitrogen and oxygen atoms in total. The van der Waals surface area contributed by atoms with Crippen LogP contribution in [0.4, 0.5) is 0 Å². The van der Waals surface area contributed by atoms with Crippen LogP contribution in [-0.4, -0.2) is 26.9 Å². The number of hydrogen-bond acceptors (Lipinski definition) is 4. The predicted molar refractivity (Wildman–Crippen MR) is 45.2 cm³/mol. The van der Waals surface area contributed by atoms with Gasteiger partial charge in [0.05, 0.1) is 6.33 Å². The van der Waals surface area contributed by atoms with Gasteiger partial charge in [-0.3, -0.25) is 4.79 Å². The third-order valence-corrected chi connectivity index (χ3v) is 1.63. The molecule has 6 heteroatoms. The molecule has 2 heterocycles. The largest absolute Gasteiger partial charge is 0.362 e. The lowest BCUT2D eigenvalue weighted by Gasteiger charge is -1.94. The minimum absolute atomic E-state index is 0.188. The number of ether oxygens (including phenoxy) is 1. The van der Waals surface area contributed by atoms with Crippen molar-refractivity contribution in [1.29, 1.82) is 0 Å². The molecular weight excluding hydrogens is 172 g/mol. The van der Waals surface area contributed by atoms with Crippen molar-refractivity contribution in [3.05, 3.63) is 22.9 Å². The van der Waals surface area contributed by atoms with Gasteiger partial charge in [0, 0.05) is 13.3 Å². The van der Waals surface area contributed by atoms with Crippen LogP contribution >= 0.6 is 0 Å². The summed E-state index contributed by atoms with van der Waals surface area (Å²) in [5, 5.41) is 4.50. The highest BCUT2D eigenvalue weighted by molar-refractivity contribution is 5.71. The van der Waals surface area contributed by atoms with Gasteiger partial charge >= 0.3 is 0 Å². The maximum absolute atomic E-state index is 11.2. The van der Waals surface area contributed by atoms with Crippen LogP contribution in [0.3, 0.4) is 0 Å². The van der Waals surface area contributed by atoms with Gasteiger partial charge < -0.3 is 9.72 Å². The summed E-state index contributed by atoms with van der Waals surface area (Å²) in [4.78, 5) is 17.6. The quantitative estimate of drug-likeness (QED) is 0.690. The summed E-state index contributed by atoms with van der Waals surface area (Å²) < 4.78 is 6.38. The van der Waals surface area contributed by atoms with Gasteiger partial charge in [0.2, 0.25) is 0 Å². The normalized spacial score (nSPS) is 10.8. The molecule has 0 aliphatic rings. The summed E-state index contributed by atoms with van der Waals surface area (Å²) in [7, 11) is 1.56. The van der Waals surface area contributed by atoms with Crippen molar-refractivity contribution in [2.45, 2.75) is 6.73 Å². The predicted octanol–water partition coefficient (Wildman–Crippen LogP) is -0.277. The van der Waals surface area contributed by atoms with E-state index < -0.39 is 0 Å². The van der Waals surface area contributed by atoms with Crippen LogP contribution in [0.25, 0.3) is 11.0 Å². The fourth-order valence-electron chi connectivity index (χ4n) is 1.09. The van der Waals surface area contributed by atoms with E-state index in [1.54, 1.807) is 13.3 Å². The van der Waals surface area contributed by atoms with Crippen molar-refractivity contribution in [2.75, 3.05) is 7.11 Å². The van der Waals surface area contributed by atoms with E-state index in [1.165, 1.54) is 11.0 Å². The molecule has 0 fully saturated rings. The topological polar surface area (TPSA) is 72.8 Å². The van der Waals surface area contributed by atoms with E-state index in [1.807, 2.05) is 0 Å². The molecule has 0 bridgehead atoms. The Morgan fingerprint density at radius 2 is 2.54 bits per heavy atom. The zero-order valence-corrected chi connectivity index (χ0v) is 7.02.